The summed E-state index contributed by atoms with van der Waals surface area (Å²) in [5, 5.41) is 2.95. The van der Waals surface area contributed by atoms with Gasteiger partial charge in [-0.2, -0.15) is 0 Å². The molecule has 0 aliphatic carbocycles. The van der Waals surface area contributed by atoms with Crippen LogP contribution in [0.1, 0.15) is 0 Å². The number of anilines is 1. The first-order valence-corrected chi connectivity index (χ1v) is 4.31. The van der Waals surface area contributed by atoms with Crippen molar-refractivity contribution in [3.8, 4) is 5.69 Å². The predicted octanol–water partition coefficient (Wildman–Crippen LogP) is 2.12. The van der Waals surface area contributed by atoms with Crippen LogP contribution in [-0.2, 0) is 0 Å². The summed E-state index contributed by atoms with van der Waals surface area (Å²) in [6.45, 7) is 0. The van der Waals surface area contributed by atoms with Crippen LogP contribution in [0.25, 0.3) is 5.69 Å². The van der Waals surface area contributed by atoms with Gasteiger partial charge < -0.3 is 5.73 Å². The third kappa shape index (κ3) is 1.48. The molecule has 3 nitrogen and oxygen atoms in total. The zero-order valence-corrected chi connectivity index (χ0v) is 7.71. The van der Waals surface area contributed by atoms with Crippen molar-refractivity contribution >= 4 is 18.0 Å². The van der Waals surface area contributed by atoms with Gasteiger partial charge in [-0.15, -0.1) is 0 Å². The number of nitrogens with one attached hydrogen (secondary N) is 1. The fraction of sp³-hybridized carbons (Fsp3) is 0. The number of nitrogens with two attached hydrogens (primary N) is 1. The minimum absolute atomic E-state index is 0.578. The van der Waals surface area contributed by atoms with Crippen LogP contribution in [-0.4, -0.2) is 9.78 Å². The van der Waals surface area contributed by atoms with Crippen LogP contribution in [0.5, 0.6) is 0 Å². The van der Waals surface area contributed by atoms with E-state index in [1.807, 2.05) is 30.3 Å². The van der Waals surface area contributed by atoms with E-state index in [4.69, 9.17) is 18.0 Å². The Morgan fingerprint density at radius 2 is 1.92 bits per heavy atom. The monoisotopic (exact) mass is 191 g/mol. The minimum Gasteiger partial charge on any atom is -0.384 e. The summed E-state index contributed by atoms with van der Waals surface area (Å²) in [5.74, 6) is 0.578. The maximum absolute atomic E-state index is 5.57. The molecule has 1 aromatic heterocycles. The average molecular weight is 191 g/mol. The second kappa shape index (κ2) is 3.06. The van der Waals surface area contributed by atoms with Crippen molar-refractivity contribution in [1.29, 1.82) is 0 Å². The Bertz CT molecular complexity index is 455. The molecule has 66 valence electrons. The minimum atomic E-state index is 0.578. The van der Waals surface area contributed by atoms with Gasteiger partial charge in [0.1, 0.15) is 10.5 Å². The van der Waals surface area contributed by atoms with E-state index in [0.717, 1.165) is 5.69 Å². The van der Waals surface area contributed by atoms with Crippen molar-refractivity contribution < 1.29 is 0 Å². The summed E-state index contributed by atoms with van der Waals surface area (Å²) in [5.41, 5.74) is 6.56. The van der Waals surface area contributed by atoms with Crippen LogP contribution < -0.4 is 5.73 Å². The number of hydrogen-bond donors (Lipinski definition) is 2. The second-order valence-electron chi connectivity index (χ2n) is 2.72. The van der Waals surface area contributed by atoms with Crippen LogP contribution in [0.3, 0.4) is 0 Å². The van der Waals surface area contributed by atoms with E-state index in [1.54, 1.807) is 10.7 Å². The van der Waals surface area contributed by atoms with Gasteiger partial charge in [0.25, 0.3) is 0 Å². The van der Waals surface area contributed by atoms with Gasteiger partial charge in [0.05, 0.1) is 5.69 Å². The van der Waals surface area contributed by atoms with Crippen LogP contribution >= 0.6 is 12.2 Å². The number of aromatic nitrogens is 2. The number of benzene rings is 1. The average Bonchev–Trinajstić information content (AvgIpc) is 2.47. The molecule has 2 aromatic rings. The quantitative estimate of drug-likeness (QED) is 0.678. The fourth-order valence-corrected chi connectivity index (χ4v) is 1.46. The highest BCUT2D eigenvalue weighted by atomic mass is 32.1. The Kier molecular flexibility index (Phi) is 1.90. The van der Waals surface area contributed by atoms with Crippen LogP contribution in [0.4, 0.5) is 5.82 Å². The zero-order chi connectivity index (χ0) is 9.26. The normalized spacial score (nSPS) is 10.2. The third-order valence-corrected chi connectivity index (χ3v) is 2.06. The van der Waals surface area contributed by atoms with E-state index in [2.05, 4.69) is 5.10 Å². The highest BCUT2D eigenvalue weighted by Gasteiger charge is 1.97. The molecule has 0 bridgehead atoms. The Labute approximate surface area is 80.8 Å². The number of H-pyrrole nitrogens is 1. The van der Waals surface area contributed by atoms with Gasteiger partial charge >= 0.3 is 0 Å². The van der Waals surface area contributed by atoms with E-state index in [-0.39, 0.29) is 0 Å². The molecule has 2 rings (SSSR count). The summed E-state index contributed by atoms with van der Waals surface area (Å²) >= 11 is 5.11. The maximum atomic E-state index is 5.57. The van der Waals surface area contributed by atoms with Crippen molar-refractivity contribution in [2.24, 2.45) is 0 Å². The molecule has 0 atom stereocenters. The first-order chi connectivity index (χ1) is 6.27. The summed E-state index contributed by atoms with van der Waals surface area (Å²) in [6, 6.07) is 11.5. The number of aromatic amines is 1. The van der Waals surface area contributed by atoms with E-state index in [0.29, 0.717) is 10.5 Å². The molecule has 0 saturated heterocycles. The molecule has 1 heterocycles. The zero-order valence-electron chi connectivity index (χ0n) is 6.90. The van der Waals surface area contributed by atoms with Crippen LogP contribution in [0.15, 0.2) is 36.4 Å². The molecule has 0 saturated carbocycles. The van der Waals surface area contributed by atoms with Gasteiger partial charge in [-0.1, -0.05) is 30.4 Å². The van der Waals surface area contributed by atoms with Crippen molar-refractivity contribution in [3.05, 3.63) is 41.0 Å². The lowest BCUT2D eigenvalue weighted by molar-refractivity contribution is 0.874. The molecule has 0 fully saturated rings. The molecule has 0 amide bonds. The van der Waals surface area contributed by atoms with Crippen molar-refractivity contribution in [1.82, 2.24) is 9.78 Å². The van der Waals surface area contributed by atoms with Gasteiger partial charge in [-0.3, -0.25) is 5.10 Å². The maximum Gasteiger partial charge on any atom is 0.129 e. The molecular weight excluding hydrogens is 182 g/mol. The van der Waals surface area contributed by atoms with Crippen molar-refractivity contribution in [2.45, 2.75) is 0 Å². The second-order valence-corrected chi connectivity index (χ2v) is 3.14. The fourth-order valence-electron chi connectivity index (χ4n) is 1.18. The number of rotatable bonds is 1. The summed E-state index contributed by atoms with van der Waals surface area (Å²) in [6.07, 6.45) is 0. The molecule has 0 aliphatic heterocycles. The van der Waals surface area contributed by atoms with Crippen LogP contribution in [0.2, 0.25) is 0 Å². The van der Waals surface area contributed by atoms with Crippen molar-refractivity contribution in [2.75, 3.05) is 5.73 Å². The summed E-state index contributed by atoms with van der Waals surface area (Å²) in [4.78, 5) is 0. The van der Waals surface area contributed by atoms with E-state index >= 15 is 0 Å². The van der Waals surface area contributed by atoms with Gasteiger partial charge in [-0.05, 0) is 12.1 Å². The molecule has 1 aromatic carbocycles. The molecule has 13 heavy (non-hydrogen) atoms. The van der Waals surface area contributed by atoms with E-state index in [9.17, 15) is 0 Å². The largest absolute Gasteiger partial charge is 0.384 e. The topological polar surface area (TPSA) is 46.7 Å². The van der Waals surface area contributed by atoms with Gasteiger partial charge in [0, 0.05) is 6.07 Å². The van der Waals surface area contributed by atoms with Crippen molar-refractivity contribution in [3.63, 3.8) is 0 Å². The Morgan fingerprint density at radius 3 is 2.46 bits per heavy atom. The predicted molar refractivity (Wildman–Crippen MR) is 55.4 cm³/mol. The molecule has 0 aliphatic rings. The number of nitrogens with zero attached hydrogens (tertiary/aromatic N) is 1. The smallest absolute Gasteiger partial charge is 0.129 e. The highest BCUT2D eigenvalue weighted by molar-refractivity contribution is 7.71. The Morgan fingerprint density at radius 1 is 1.23 bits per heavy atom. The third-order valence-electron chi connectivity index (χ3n) is 1.75. The number of nitrogen functional groups attached to an aromatic ring is 1. The molecular formula is C9H9N3S. The highest BCUT2D eigenvalue weighted by Crippen LogP contribution is 2.09. The molecule has 4 heteroatoms. The standard InChI is InChI=1S/C9H9N3S/c10-8-6-9(13)12(11-8)7-4-2-1-3-5-7/h1-6,11H,10H2. The first-order valence-electron chi connectivity index (χ1n) is 3.90. The van der Waals surface area contributed by atoms with Crippen LogP contribution in [0, 0.1) is 4.64 Å². The molecule has 3 N–H and O–H groups in total. The summed E-state index contributed by atoms with van der Waals surface area (Å²) < 4.78 is 2.45. The lowest BCUT2D eigenvalue weighted by Gasteiger charge is -2.00. The Balaban J connectivity index is 2.59. The van der Waals surface area contributed by atoms with E-state index < -0.39 is 0 Å². The SMILES string of the molecule is Nc1cc(=S)n(-c2ccccc2)[nH]1. The summed E-state index contributed by atoms with van der Waals surface area (Å²) in [7, 11) is 0. The van der Waals surface area contributed by atoms with Gasteiger partial charge in [0.15, 0.2) is 0 Å². The molecule has 0 spiro atoms. The lowest BCUT2D eigenvalue weighted by atomic mass is 10.3. The Hall–Kier alpha value is -1.55. The van der Waals surface area contributed by atoms with E-state index in [1.165, 1.54) is 0 Å². The number of hydrogen-bond acceptors (Lipinski definition) is 2. The van der Waals surface area contributed by atoms with Gasteiger partial charge in [-0.25, -0.2) is 4.68 Å². The first kappa shape index (κ1) is 8.07. The number of para-hydroxylation sites is 1. The molecule has 0 radical (unpaired) electrons. The lowest BCUT2D eigenvalue weighted by Crippen LogP contribution is -1.96. The molecule has 0 unspecified atom stereocenters. The van der Waals surface area contributed by atoms with Gasteiger partial charge in [0.2, 0.25) is 0 Å².